The lowest BCUT2D eigenvalue weighted by molar-refractivity contribution is -0.166. The highest BCUT2D eigenvalue weighted by Crippen LogP contribution is 2.10. The van der Waals surface area contributed by atoms with E-state index >= 15 is 0 Å². The molecular formula is C40H70N6O14. The molecular weight excluding hydrogens is 788 g/mol. The van der Waals surface area contributed by atoms with E-state index in [0.717, 1.165) is 12.8 Å². The first-order valence-corrected chi connectivity index (χ1v) is 21.3. The summed E-state index contributed by atoms with van der Waals surface area (Å²) in [7, 11) is 0. The molecule has 20 heteroatoms. The Kier molecular flexibility index (Phi) is 32.6. The lowest BCUT2D eigenvalue weighted by Gasteiger charge is -2.15. The van der Waals surface area contributed by atoms with Crippen LogP contribution in [-0.4, -0.2) is 138 Å². The van der Waals surface area contributed by atoms with Crippen molar-refractivity contribution in [2.75, 3.05) is 39.3 Å². The van der Waals surface area contributed by atoms with E-state index in [2.05, 4.69) is 10.6 Å². The van der Waals surface area contributed by atoms with Gasteiger partial charge in [-0.25, -0.2) is 20.3 Å². The second-order valence-corrected chi connectivity index (χ2v) is 14.8. The van der Waals surface area contributed by atoms with Gasteiger partial charge in [-0.2, -0.15) is 0 Å². The molecule has 0 unspecified atom stereocenters. The van der Waals surface area contributed by atoms with Gasteiger partial charge in [-0.1, -0.05) is 25.7 Å². The quantitative estimate of drug-likeness (QED) is 0.0265. The topological polar surface area (TPSA) is 292 Å². The van der Waals surface area contributed by atoms with Crippen molar-refractivity contribution in [1.29, 1.82) is 0 Å². The Hall–Kier alpha value is -4.53. The van der Waals surface area contributed by atoms with Gasteiger partial charge in [-0.3, -0.25) is 64.0 Å². The predicted molar refractivity (Wildman–Crippen MR) is 214 cm³/mol. The summed E-state index contributed by atoms with van der Waals surface area (Å²) in [5, 5.41) is 55.5. The number of nitrogens with one attached hydrogen (secondary N) is 2. The molecule has 0 rings (SSSR count). The van der Waals surface area contributed by atoms with Crippen LogP contribution in [0.1, 0.15) is 161 Å². The summed E-state index contributed by atoms with van der Waals surface area (Å²) in [6.45, 7) is 2.48. The highest BCUT2D eigenvalue weighted by Gasteiger charge is 2.16. The number of unbranched alkanes of at least 4 members (excludes halogenated alkanes) is 10. The average molecular weight is 859 g/mol. The van der Waals surface area contributed by atoms with Crippen molar-refractivity contribution >= 4 is 53.0 Å². The fourth-order valence-corrected chi connectivity index (χ4v) is 5.74. The third kappa shape index (κ3) is 32.3. The Morgan fingerprint density at radius 3 is 1.05 bits per heavy atom. The molecule has 0 bridgehead atoms. The lowest BCUT2D eigenvalue weighted by Crippen LogP contribution is -2.31. The molecule has 0 aromatic carbocycles. The highest BCUT2D eigenvalue weighted by molar-refractivity contribution is 5.85. The van der Waals surface area contributed by atoms with Gasteiger partial charge in [-0.05, 0) is 64.2 Å². The Morgan fingerprint density at radius 2 is 0.683 bits per heavy atom. The smallest absolute Gasteiger partial charge is 0.303 e. The monoisotopic (exact) mass is 858 g/mol. The van der Waals surface area contributed by atoms with Gasteiger partial charge in [0.05, 0.1) is 6.42 Å². The molecule has 0 radical (unpaired) electrons. The Bertz CT molecular complexity index is 1330. The number of hydroxylamine groups is 8. The molecule has 0 fully saturated rings. The van der Waals surface area contributed by atoms with Crippen LogP contribution in [0.2, 0.25) is 0 Å². The zero-order chi connectivity index (χ0) is 45.1. The molecule has 0 spiro atoms. The van der Waals surface area contributed by atoms with Crippen molar-refractivity contribution in [3.8, 4) is 0 Å². The van der Waals surface area contributed by atoms with Crippen molar-refractivity contribution in [2.45, 2.75) is 161 Å². The van der Waals surface area contributed by atoms with Crippen LogP contribution in [0.4, 0.5) is 0 Å². The Morgan fingerprint density at radius 1 is 0.367 bits per heavy atom. The first-order chi connectivity index (χ1) is 28.5. The molecule has 0 aliphatic heterocycles. The number of carbonyl (C=O) groups is 9. The molecule has 0 heterocycles. The lowest BCUT2D eigenvalue weighted by atomic mass is 10.1. The Labute approximate surface area is 352 Å². The van der Waals surface area contributed by atoms with Gasteiger partial charge in [0.1, 0.15) is 11.6 Å². The molecule has 0 saturated heterocycles. The second kappa shape index (κ2) is 35.2. The first-order valence-electron chi connectivity index (χ1n) is 21.3. The van der Waals surface area contributed by atoms with Crippen molar-refractivity contribution in [3.05, 3.63) is 0 Å². The van der Waals surface area contributed by atoms with E-state index in [9.17, 15) is 64.0 Å². The van der Waals surface area contributed by atoms with E-state index in [1.807, 2.05) is 0 Å². The van der Waals surface area contributed by atoms with Crippen LogP contribution in [-0.2, 0) is 43.2 Å². The molecule has 6 amide bonds. The number of hydrogen-bond donors (Lipinski definition) is 7. The largest absolute Gasteiger partial charge is 0.481 e. The minimum atomic E-state index is -1.04. The minimum Gasteiger partial charge on any atom is -0.481 e. The average Bonchev–Trinajstić information content (AvgIpc) is 3.21. The summed E-state index contributed by atoms with van der Waals surface area (Å²) in [5.41, 5.74) is 0. The first kappa shape index (κ1) is 55.5. The number of Topliss-reactive ketones (excluding diaryl/α,β-unsaturated/α-hetero) is 2. The molecule has 20 nitrogen and oxygen atoms in total. The Balaban J connectivity index is 3.83. The van der Waals surface area contributed by atoms with E-state index < -0.39 is 29.6 Å². The van der Waals surface area contributed by atoms with E-state index in [4.69, 9.17) is 5.11 Å². The van der Waals surface area contributed by atoms with Crippen molar-refractivity contribution in [2.24, 2.45) is 0 Å². The number of carbonyl (C=O) groups excluding carboxylic acids is 8. The summed E-state index contributed by atoms with van der Waals surface area (Å²) in [6, 6.07) is 0. The molecule has 60 heavy (non-hydrogen) atoms. The number of carboxylic acid groups (broad SMARTS) is 1. The van der Waals surface area contributed by atoms with Gasteiger partial charge in [0.2, 0.25) is 35.4 Å². The maximum Gasteiger partial charge on any atom is 0.303 e. The molecule has 7 N–H and O–H groups in total. The van der Waals surface area contributed by atoms with Crippen molar-refractivity contribution < 1.29 is 69.1 Å². The number of nitrogens with zero attached hydrogens (tertiary/aromatic N) is 4. The molecule has 0 atom stereocenters. The second-order valence-electron chi connectivity index (χ2n) is 14.8. The normalized spacial score (nSPS) is 10.8. The number of amides is 6. The number of rotatable bonds is 38. The van der Waals surface area contributed by atoms with E-state index in [-0.39, 0.29) is 107 Å². The molecule has 0 saturated carbocycles. The zero-order valence-corrected chi connectivity index (χ0v) is 35.4. The number of hydrogen-bond acceptors (Lipinski definition) is 13. The third-order valence-electron chi connectivity index (χ3n) is 9.48. The summed E-state index contributed by atoms with van der Waals surface area (Å²) in [5.74, 6) is -4.04. The van der Waals surface area contributed by atoms with E-state index in [0.29, 0.717) is 117 Å². The standard InChI is InChI=1S/C40H70N6O14/c1-32(47)43(57)28-12-4-2-8-16-33(48)18-22-37(52)44(58)30-14-6-10-26-41-35(50)20-24-39(54)46(60)29-13-5-3-9-17-34(49)19-23-38(53)45(59)31-15-7-11-27-42-36(51)21-25-40(55)56/h57-60H,2-31H2,1H3,(H,41,50)(H,42,51)(H,55,56). The van der Waals surface area contributed by atoms with Gasteiger partial charge in [0, 0.05) is 104 Å². The van der Waals surface area contributed by atoms with Gasteiger partial charge < -0.3 is 15.7 Å². The molecule has 0 aromatic heterocycles. The van der Waals surface area contributed by atoms with Gasteiger partial charge in [-0.15, -0.1) is 0 Å². The van der Waals surface area contributed by atoms with Crippen LogP contribution in [0.3, 0.4) is 0 Å². The van der Waals surface area contributed by atoms with E-state index in [1.54, 1.807) is 0 Å². The summed E-state index contributed by atoms with van der Waals surface area (Å²) in [6.07, 6.45) is 8.37. The van der Waals surface area contributed by atoms with Gasteiger partial charge in [0.15, 0.2) is 0 Å². The SMILES string of the molecule is CC(=O)N(O)CCCCCCC(=O)CCC(=O)N(O)CCCCCNC(=O)CCC(=O)N(O)CCCCCCC(=O)CCC(=O)N(O)CCCCCNC(=O)CCC(=O)O. The van der Waals surface area contributed by atoms with Crippen LogP contribution in [0, 0.1) is 0 Å². The fourth-order valence-electron chi connectivity index (χ4n) is 5.74. The van der Waals surface area contributed by atoms with Gasteiger partial charge >= 0.3 is 5.97 Å². The van der Waals surface area contributed by atoms with E-state index in [1.165, 1.54) is 6.92 Å². The van der Waals surface area contributed by atoms with Gasteiger partial charge in [0.25, 0.3) is 0 Å². The maximum absolute atomic E-state index is 12.2. The zero-order valence-electron chi connectivity index (χ0n) is 35.4. The fraction of sp³-hybridized carbons (Fsp3) is 0.775. The summed E-state index contributed by atoms with van der Waals surface area (Å²) < 4.78 is 0. The predicted octanol–water partition coefficient (Wildman–Crippen LogP) is 3.70. The minimum absolute atomic E-state index is 0.00352. The molecule has 0 aromatic rings. The molecule has 344 valence electrons. The van der Waals surface area contributed by atoms with Crippen molar-refractivity contribution in [1.82, 2.24) is 30.9 Å². The van der Waals surface area contributed by atoms with Crippen LogP contribution >= 0.6 is 0 Å². The molecule has 0 aliphatic rings. The van der Waals surface area contributed by atoms with Crippen LogP contribution in [0.25, 0.3) is 0 Å². The number of aliphatic carboxylic acids is 1. The number of ketones is 2. The van der Waals surface area contributed by atoms with Crippen LogP contribution in [0.15, 0.2) is 0 Å². The summed E-state index contributed by atoms with van der Waals surface area (Å²) >= 11 is 0. The maximum atomic E-state index is 12.2. The summed E-state index contributed by atoms with van der Waals surface area (Å²) in [4.78, 5) is 106. The number of carboxylic acids is 1. The molecule has 0 aliphatic carbocycles. The van der Waals surface area contributed by atoms with Crippen LogP contribution in [0.5, 0.6) is 0 Å². The highest BCUT2D eigenvalue weighted by atomic mass is 16.5. The van der Waals surface area contributed by atoms with Crippen molar-refractivity contribution in [3.63, 3.8) is 0 Å². The third-order valence-corrected chi connectivity index (χ3v) is 9.48. The van der Waals surface area contributed by atoms with Crippen LogP contribution < -0.4 is 10.6 Å².